The van der Waals surface area contributed by atoms with Crippen molar-refractivity contribution < 1.29 is 8.78 Å². The smallest absolute Gasteiger partial charge is 0.129 e. The molecule has 1 nitrogen and oxygen atoms in total. The molecule has 102 valence electrons. The van der Waals surface area contributed by atoms with E-state index in [-0.39, 0.29) is 11.6 Å². The minimum absolute atomic E-state index is 0.0603. The SMILES string of the molecule is CC(C)CC(C)NC(C)Cc1c(F)cccc1F. The fourth-order valence-electron chi connectivity index (χ4n) is 2.35. The molecule has 1 aromatic carbocycles. The van der Waals surface area contributed by atoms with Gasteiger partial charge in [0.1, 0.15) is 11.6 Å². The fraction of sp³-hybridized carbons (Fsp3) is 0.600. The molecule has 0 aliphatic heterocycles. The maximum Gasteiger partial charge on any atom is 0.129 e. The zero-order valence-corrected chi connectivity index (χ0v) is 11.6. The summed E-state index contributed by atoms with van der Waals surface area (Å²) in [7, 11) is 0. The predicted molar refractivity (Wildman–Crippen MR) is 71.6 cm³/mol. The van der Waals surface area contributed by atoms with Crippen molar-refractivity contribution >= 4 is 0 Å². The van der Waals surface area contributed by atoms with E-state index in [0.29, 0.717) is 18.4 Å². The molecule has 1 aromatic rings. The number of hydrogen-bond donors (Lipinski definition) is 1. The summed E-state index contributed by atoms with van der Waals surface area (Å²) in [6.45, 7) is 8.40. The van der Waals surface area contributed by atoms with Crippen molar-refractivity contribution in [1.82, 2.24) is 5.32 Å². The molecule has 0 saturated heterocycles. The van der Waals surface area contributed by atoms with Crippen LogP contribution in [0.2, 0.25) is 0 Å². The average Bonchev–Trinajstić information content (AvgIpc) is 2.22. The second-order valence-corrected chi connectivity index (χ2v) is 5.50. The van der Waals surface area contributed by atoms with Gasteiger partial charge in [-0.2, -0.15) is 0 Å². The third-order valence-corrected chi connectivity index (χ3v) is 2.97. The van der Waals surface area contributed by atoms with Crippen LogP contribution in [0, 0.1) is 17.6 Å². The lowest BCUT2D eigenvalue weighted by molar-refractivity contribution is 0.394. The van der Waals surface area contributed by atoms with E-state index in [1.54, 1.807) is 0 Å². The normalized spacial score (nSPS) is 14.8. The van der Waals surface area contributed by atoms with Gasteiger partial charge < -0.3 is 5.32 Å². The monoisotopic (exact) mass is 255 g/mol. The Hall–Kier alpha value is -0.960. The summed E-state index contributed by atoms with van der Waals surface area (Å²) in [5.41, 5.74) is 0.175. The van der Waals surface area contributed by atoms with Crippen molar-refractivity contribution in [2.24, 2.45) is 5.92 Å². The van der Waals surface area contributed by atoms with E-state index in [4.69, 9.17) is 0 Å². The largest absolute Gasteiger partial charge is 0.311 e. The van der Waals surface area contributed by atoms with E-state index in [9.17, 15) is 8.78 Å². The molecule has 0 fully saturated rings. The van der Waals surface area contributed by atoms with Crippen molar-refractivity contribution in [2.75, 3.05) is 0 Å². The van der Waals surface area contributed by atoms with Crippen molar-refractivity contribution in [1.29, 1.82) is 0 Å². The van der Waals surface area contributed by atoms with Gasteiger partial charge in [-0.25, -0.2) is 8.78 Å². The summed E-state index contributed by atoms with van der Waals surface area (Å²) in [5, 5.41) is 3.38. The summed E-state index contributed by atoms with van der Waals surface area (Å²) in [6.07, 6.45) is 1.44. The van der Waals surface area contributed by atoms with Crippen LogP contribution in [0.25, 0.3) is 0 Å². The highest BCUT2D eigenvalue weighted by Crippen LogP contribution is 2.15. The quantitative estimate of drug-likeness (QED) is 0.812. The highest BCUT2D eigenvalue weighted by molar-refractivity contribution is 5.20. The van der Waals surface area contributed by atoms with Crippen LogP contribution >= 0.6 is 0 Å². The van der Waals surface area contributed by atoms with Gasteiger partial charge in [-0.15, -0.1) is 0 Å². The van der Waals surface area contributed by atoms with Crippen molar-refractivity contribution in [3.05, 3.63) is 35.4 Å². The van der Waals surface area contributed by atoms with Crippen LogP contribution < -0.4 is 5.32 Å². The zero-order chi connectivity index (χ0) is 13.7. The zero-order valence-electron chi connectivity index (χ0n) is 11.6. The molecule has 0 spiro atoms. The highest BCUT2D eigenvalue weighted by atomic mass is 19.1. The Balaban J connectivity index is 2.57. The number of hydrogen-bond acceptors (Lipinski definition) is 1. The molecule has 18 heavy (non-hydrogen) atoms. The summed E-state index contributed by atoms with van der Waals surface area (Å²) < 4.78 is 27.0. The molecule has 1 rings (SSSR count). The molecule has 0 amide bonds. The Morgan fingerprint density at radius 1 is 1.00 bits per heavy atom. The number of benzene rings is 1. The summed E-state index contributed by atoms with van der Waals surface area (Å²) in [5.74, 6) is -0.301. The molecule has 2 unspecified atom stereocenters. The molecule has 0 aliphatic rings. The topological polar surface area (TPSA) is 12.0 Å². The molecule has 0 radical (unpaired) electrons. The van der Waals surface area contributed by atoms with Crippen LogP contribution in [-0.2, 0) is 6.42 Å². The highest BCUT2D eigenvalue weighted by Gasteiger charge is 2.14. The Bertz CT molecular complexity index is 357. The van der Waals surface area contributed by atoms with Crippen LogP contribution in [0.15, 0.2) is 18.2 Å². The third kappa shape index (κ3) is 4.73. The van der Waals surface area contributed by atoms with Gasteiger partial charge in [0.05, 0.1) is 0 Å². The standard InChI is InChI=1S/C15H23F2N/c1-10(2)8-11(3)18-12(4)9-13-14(16)6-5-7-15(13)17/h5-7,10-12,18H,8-9H2,1-4H3. The maximum absolute atomic E-state index is 13.5. The first-order chi connectivity index (χ1) is 8.40. The van der Waals surface area contributed by atoms with Gasteiger partial charge >= 0.3 is 0 Å². The first-order valence-electron chi connectivity index (χ1n) is 6.59. The number of nitrogens with one attached hydrogen (secondary N) is 1. The molecular weight excluding hydrogens is 232 g/mol. The summed E-state index contributed by atoms with van der Waals surface area (Å²) >= 11 is 0. The molecular formula is C15H23F2N. The second-order valence-electron chi connectivity index (χ2n) is 5.50. The van der Waals surface area contributed by atoms with Crippen LogP contribution in [0.1, 0.15) is 39.7 Å². The van der Waals surface area contributed by atoms with E-state index in [0.717, 1.165) is 6.42 Å². The lowest BCUT2D eigenvalue weighted by Crippen LogP contribution is -2.37. The fourth-order valence-corrected chi connectivity index (χ4v) is 2.35. The van der Waals surface area contributed by atoms with Gasteiger partial charge in [0.15, 0.2) is 0 Å². The average molecular weight is 255 g/mol. The van der Waals surface area contributed by atoms with Gasteiger partial charge in [0.2, 0.25) is 0 Å². The molecule has 2 atom stereocenters. The Kier molecular flexibility index (Phi) is 5.73. The van der Waals surface area contributed by atoms with Crippen molar-refractivity contribution in [2.45, 2.75) is 52.6 Å². The van der Waals surface area contributed by atoms with Gasteiger partial charge in [0.25, 0.3) is 0 Å². The molecule has 0 bridgehead atoms. The van der Waals surface area contributed by atoms with E-state index in [2.05, 4.69) is 26.1 Å². The second kappa shape index (κ2) is 6.83. The van der Waals surface area contributed by atoms with Crippen LogP contribution in [0.5, 0.6) is 0 Å². The van der Waals surface area contributed by atoms with Crippen molar-refractivity contribution in [3.8, 4) is 0 Å². The minimum atomic E-state index is -0.458. The van der Waals surface area contributed by atoms with E-state index < -0.39 is 11.6 Å². The first kappa shape index (κ1) is 15.1. The molecule has 0 aromatic heterocycles. The van der Waals surface area contributed by atoms with Crippen LogP contribution in [-0.4, -0.2) is 12.1 Å². The molecule has 3 heteroatoms. The van der Waals surface area contributed by atoms with E-state index in [1.807, 2.05) is 6.92 Å². The van der Waals surface area contributed by atoms with Gasteiger partial charge in [0, 0.05) is 17.6 Å². The molecule has 0 saturated carbocycles. The van der Waals surface area contributed by atoms with E-state index >= 15 is 0 Å². The number of rotatable bonds is 6. The molecule has 0 aliphatic carbocycles. The summed E-state index contributed by atoms with van der Waals surface area (Å²) in [4.78, 5) is 0. The van der Waals surface area contributed by atoms with Crippen molar-refractivity contribution in [3.63, 3.8) is 0 Å². The number of halogens is 2. The predicted octanol–water partition coefficient (Wildman–Crippen LogP) is 3.92. The molecule has 1 N–H and O–H groups in total. The lowest BCUT2D eigenvalue weighted by atomic mass is 10.0. The lowest BCUT2D eigenvalue weighted by Gasteiger charge is -2.21. The van der Waals surface area contributed by atoms with Gasteiger partial charge in [-0.1, -0.05) is 19.9 Å². The first-order valence-corrected chi connectivity index (χ1v) is 6.59. The van der Waals surface area contributed by atoms with Crippen LogP contribution in [0.4, 0.5) is 8.78 Å². The molecule has 0 heterocycles. The van der Waals surface area contributed by atoms with E-state index in [1.165, 1.54) is 18.2 Å². The minimum Gasteiger partial charge on any atom is -0.311 e. The Labute approximate surface area is 109 Å². The van der Waals surface area contributed by atoms with Gasteiger partial charge in [-0.05, 0) is 44.7 Å². The Morgan fingerprint density at radius 2 is 1.56 bits per heavy atom. The van der Waals surface area contributed by atoms with Crippen LogP contribution in [0.3, 0.4) is 0 Å². The maximum atomic E-state index is 13.5. The Morgan fingerprint density at radius 3 is 2.06 bits per heavy atom. The third-order valence-electron chi connectivity index (χ3n) is 2.97. The van der Waals surface area contributed by atoms with Gasteiger partial charge in [-0.3, -0.25) is 0 Å². The summed E-state index contributed by atoms with van der Waals surface area (Å²) in [6, 6.07) is 4.43.